The van der Waals surface area contributed by atoms with E-state index >= 15 is 0 Å². The maximum Gasteiger partial charge on any atom is 0.326 e. The molecule has 1 rings (SSSR count). The van der Waals surface area contributed by atoms with E-state index in [1.165, 1.54) is 0 Å². The summed E-state index contributed by atoms with van der Waals surface area (Å²) in [6, 6.07) is 0. The van der Waals surface area contributed by atoms with E-state index in [2.05, 4.69) is 4.18 Å². The van der Waals surface area contributed by atoms with Gasteiger partial charge >= 0.3 is 25.0 Å². The Bertz CT molecular complexity index is 310. The molecule has 0 amide bonds. The fraction of sp³-hybridized carbons (Fsp3) is 1.00. The molecule has 1 saturated heterocycles. The van der Waals surface area contributed by atoms with E-state index in [4.69, 9.17) is 4.55 Å². The van der Waals surface area contributed by atoms with Gasteiger partial charge in [0.2, 0.25) is 0 Å². The summed E-state index contributed by atoms with van der Waals surface area (Å²) in [5, 5.41) is 0. The summed E-state index contributed by atoms with van der Waals surface area (Å²) < 4.78 is 49.2. The Balaban J connectivity index is 0.000000461. The standard InChI is InChI=1S/C2H6.CH2O6S2/c1-2;2-8(3,4)1-7-9(1,5)6/h1-2H3;1H,(H,2,3,4). The normalized spacial score (nSPS) is 26.6. The van der Waals surface area contributed by atoms with Crippen LogP contribution in [0.2, 0.25) is 0 Å². The van der Waals surface area contributed by atoms with Gasteiger partial charge in [-0.25, -0.2) is 4.18 Å². The topological polar surface area (TPSA) is 101 Å². The van der Waals surface area contributed by atoms with Crippen molar-refractivity contribution in [2.45, 2.75) is 18.6 Å². The summed E-state index contributed by atoms with van der Waals surface area (Å²) in [6.45, 7) is 4.00. The van der Waals surface area contributed by atoms with Crippen LogP contribution < -0.4 is 0 Å². The van der Waals surface area contributed by atoms with Crippen molar-refractivity contribution in [3.63, 3.8) is 0 Å². The third-order valence-corrected chi connectivity index (χ3v) is 3.63. The Morgan fingerprint density at radius 1 is 1.36 bits per heavy atom. The molecule has 1 aliphatic heterocycles. The first-order valence-corrected chi connectivity index (χ1v) is 5.70. The third kappa shape index (κ3) is 2.73. The maximum absolute atomic E-state index is 9.96. The second-order valence-corrected chi connectivity index (χ2v) is 4.76. The van der Waals surface area contributed by atoms with Gasteiger partial charge in [0.1, 0.15) is 0 Å². The number of hydrogen-bond donors (Lipinski definition) is 1. The predicted octanol–water partition coefficient (Wildman–Crippen LogP) is -0.456. The molecule has 0 aliphatic carbocycles. The lowest BCUT2D eigenvalue weighted by Crippen LogP contribution is -2.06. The van der Waals surface area contributed by atoms with Crippen LogP contribution in [0.25, 0.3) is 0 Å². The second-order valence-electron chi connectivity index (χ2n) is 1.39. The quantitative estimate of drug-likeness (QED) is 0.458. The van der Waals surface area contributed by atoms with Gasteiger partial charge in [-0.3, -0.25) is 4.55 Å². The zero-order valence-corrected chi connectivity index (χ0v) is 7.52. The molecule has 1 N–H and O–H groups in total. The molecule has 11 heavy (non-hydrogen) atoms. The first kappa shape index (κ1) is 10.8. The van der Waals surface area contributed by atoms with Crippen LogP contribution >= 0.6 is 0 Å². The fourth-order valence-electron chi connectivity index (χ4n) is 0.285. The van der Waals surface area contributed by atoms with E-state index in [-0.39, 0.29) is 0 Å². The smallest absolute Gasteiger partial charge is 0.283 e. The molecule has 0 aromatic heterocycles. The Labute approximate surface area is 65.0 Å². The molecule has 1 atom stereocenters. The average Bonchev–Trinajstić information content (AvgIpc) is 2.44. The molecule has 0 saturated carbocycles. The van der Waals surface area contributed by atoms with Crippen LogP contribution in [0.15, 0.2) is 0 Å². The minimum absolute atomic E-state index is 2.00. The van der Waals surface area contributed by atoms with Gasteiger partial charge in [0.15, 0.2) is 0 Å². The van der Waals surface area contributed by atoms with Crippen molar-refractivity contribution in [1.29, 1.82) is 0 Å². The lowest BCUT2D eigenvalue weighted by Gasteiger charge is -1.77. The highest BCUT2D eigenvalue weighted by molar-refractivity contribution is 8.09. The van der Waals surface area contributed by atoms with Gasteiger partial charge in [0.25, 0.3) is 0 Å². The highest BCUT2D eigenvalue weighted by atomic mass is 32.3. The Hall–Kier alpha value is -0.180. The van der Waals surface area contributed by atoms with E-state index in [0.717, 1.165) is 0 Å². The van der Waals surface area contributed by atoms with Crippen LogP contribution in [-0.2, 0) is 24.4 Å². The molecular weight excluding hydrogens is 196 g/mol. The SMILES string of the molecule is CC.O=S(=O)(O)C1OS1(=O)=O. The summed E-state index contributed by atoms with van der Waals surface area (Å²) in [5.74, 6) is 0. The van der Waals surface area contributed by atoms with Gasteiger partial charge < -0.3 is 0 Å². The molecule has 0 aromatic rings. The van der Waals surface area contributed by atoms with Crippen molar-refractivity contribution in [2.75, 3.05) is 0 Å². The van der Waals surface area contributed by atoms with Crippen LogP contribution in [0.5, 0.6) is 0 Å². The lowest BCUT2D eigenvalue weighted by molar-refractivity contribution is 0.431. The van der Waals surface area contributed by atoms with Gasteiger partial charge in [-0.1, -0.05) is 13.8 Å². The predicted molar refractivity (Wildman–Crippen MR) is 36.7 cm³/mol. The van der Waals surface area contributed by atoms with Crippen molar-refractivity contribution in [2.24, 2.45) is 0 Å². The average molecular weight is 204 g/mol. The van der Waals surface area contributed by atoms with Crippen molar-refractivity contribution >= 4 is 20.2 Å². The maximum atomic E-state index is 9.96. The van der Waals surface area contributed by atoms with Crippen LogP contribution in [0.3, 0.4) is 0 Å². The van der Waals surface area contributed by atoms with E-state index in [1.54, 1.807) is 0 Å². The summed E-state index contributed by atoms with van der Waals surface area (Å²) in [7, 11) is -8.50. The Kier molecular flexibility index (Phi) is 3.00. The van der Waals surface area contributed by atoms with Crippen LogP contribution in [0.4, 0.5) is 0 Å². The van der Waals surface area contributed by atoms with E-state index in [0.29, 0.717) is 0 Å². The molecule has 6 nitrogen and oxygen atoms in total. The zero-order chi connectivity index (χ0) is 9.28. The number of rotatable bonds is 1. The lowest BCUT2D eigenvalue weighted by atomic mass is 11.0. The molecule has 0 radical (unpaired) electrons. The van der Waals surface area contributed by atoms with Crippen molar-refractivity contribution in [3.05, 3.63) is 0 Å². The first-order valence-electron chi connectivity index (χ1n) is 2.72. The molecule has 0 spiro atoms. The molecule has 8 heteroatoms. The van der Waals surface area contributed by atoms with E-state index in [1.807, 2.05) is 13.8 Å². The highest BCUT2D eigenvalue weighted by Gasteiger charge is 2.56. The summed E-state index contributed by atoms with van der Waals surface area (Å²) in [5.41, 5.74) is 0. The Morgan fingerprint density at radius 2 is 1.64 bits per heavy atom. The van der Waals surface area contributed by atoms with Gasteiger partial charge in [0, 0.05) is 0 Å². The van der Waals surface area contributed by atoms with Crippen LogP contribution in [-0.4, -0.2) is 26.2 Å². The zero-order valence-electron chi connectivity index (χ0n) is 5.88. The fourth-order valence-corrected chi connectivity index (χ4v) is 2.57. The molecule has 1 unspecified atom stereocenters. The van der Waals surface area contributed by atoms with E-state index in [9.17, 15) is 16.8 Å². The molecule has 0 aromatic carbocycles. The number of hydrogen-bond acceptors (Lipinski definition) is 5. The monoisotopic (exact) mass is 204 g/mol. The van der Waals surface area contributed by atoms with Crippen LogP contribution in [0.1, 0.15) is 13.8 Å². The molecule has 1 aliphatic rings. The largest absolute Gasteiger partial charge is 0.326 e. The first-order chi connectivity index (χ1) is 4.84. The van der Waals surface area contributed by atoms with Crippen molar-refractivity contribution in [1.82, 2.24) is 0 Å². The molecule has 1 heterocycles. The van der Waals surface area contributed by atoms with Crippen molar-refractivity contribution < 1.29 is 25.6 Å². The second kappa shape index (κ2) is 3.05. The van der Waals surface area contributed by atoms with E-state index < -0.39 is 25.0 Å². The van der Waals surface area contributed by atoms with Crippen molar-refractivity contribution in [3.8, 4) is 0 Å². The minimum Gasteiger partial charge on any atom is -0.283 e. The molecule has 1 fully saturated rings. The molecular formula is C3H8O6S2. The molecule has 68 valence electrons. The van der Waals surface area contributed by atoms with Gasteiger partial charge in [0.05, 0.1) is 0 Å². The minimum atomic E-state index is -4.55. The van der Waals surface area contributed by atoms with Gasteiger partial charge in [-0.05, 0) is 0 Å². The summed E-state index contributed by atoms with van der Waals surface area (Å²) in [6.07, 6.45) is 0. The molecule has 0 bridgehead atoms. The third-order valence-electron chi connectivity index (χ3n) is 0.654. The van der Waals surface area contributed by atoms with Crippen LogP contribution in [0, 0.1) is 0 Å². The Morgan fingerprint density at radius 3 is 1.64 bits per heavy atom. The van der Waals surface area contributed by atoms with Gasteiger partial charge in [-0.2, -0.15) is 16.8 Å². The summed E-state index contributed by atoms with van der Waals surface area (Å²) in [4.78, 5) is 0. The van der Waals surface area contributed by atoms with Gasteiger partial charge in [-0.15, -0.1) is 0 Å². The summed E-state index contributed by atoms with van der Waals surface area (Å²) >= 11 is 0. The highest BCUT2D eigenvalue weighted by Crippen LogP contribution is 2.28.